The van der Waals surface area contributed by atoms with Crippen molar-refractivity contribution < 1.29 is 28.8 Å². The Bertz CT molecular complexity index is 2360. The first-order valence-corrected chi connectivity index (χ1v) is 18.5. The molecule has 1 aromatic heterocycles. The van der Waals surface area contributed by atoms with Crippen molar-refractivity contribution in [3.63, 3.8) is 0 Å². The number of aromatic nitrogens is 1. The third-order valence-electron chi connectivity index (χ3n) is 10.9. The summed E-state index contributed by atoms with van der Waals surface area (Å²) in [6.45, 7) is 2.17. The number of aliphatic imine (C=N–C) groups is 2. The zero-order chi connectivity index (χ0) is 37.5. The molecule has 4 aliphatic rings. The Morgan fingerprint density at radius 2 is 1.22 bits per heavy atom. The zero-order valence-corrected chi connectivity index (χ0v) is 30.8. The van der Waals surface area contributed by atoms with Gasteiger partial charge in [-0.15, -0.1) is 0 Å². The van der Waals surface area contributed by atoms with E-state index in [4.69, 9.17) is 33.9 Å². The highest BCUT2D eigenvalue weighted by molar-refractivity contribution is 6.03. The lowest BCUT2D eigenvalue weighted by Crippen LogP contribution is -2.44. The Morgan fingerprint density at radius 3 is 1.89 bits per heavy atom. The van der Waals surface area contributed by atoms with Crippen LogP contribution in [0.25, 0.3) is 0 Å². The Balaban J connectivity index is 0.915. The van der Waals surface area contributed by atoms with Crippen LogP contribution >= 0.6 is 0 Å². The number of carbonyl (C=O) groups is 1. The molecule has 55 heavy (non-hydrogen) atoms. The van der Waals surface area contributed by atoms with Crippen LogP contribution in [0.1, 0.15) is 55.1 Å². The number of aliphatic hydroxyl groups is 1. The van der Waals surface area contributed by atoms with Gasteiger partial charge in [0.15, 0.2) is 23.0 Å². The summed E-state index contributed by atoms with van der Waals surface area (Å²) >= 11 is 0. The fraction of sp³-hybridized carbons (Fsp3) is 0.273. The first kappa shape index (κ1) is 34.7. The molecule has 4 aliphatic heterocycles. The number of nitrogens with zero attached hydrogens (tertiary/aromatic N) is 5. The van der Waals surface area contributed by atoms with Crippen LogP contribution in [0, 0.1) is 0 Å². The minimum Gasteiger partial charge on any atom is -0.493 e. The maximum absolute atomic E-state index is 13.8. The highest BCUT2D eigenvalue weighted by atomic mass is 16.5. The summed E-state index contributed by atoms with van der Waals surface area (Å²) in [7, 11) is 3.18. The molecule has 0 saturated heterocycles. The second-order valence-electron chi connectivity index (χ2n) is 14.3. The largest absolute Gasteiger partial charge is 0.493 e. The molecule has 11 heteroatoms. The van der Waals surface area contributed by atoms with Crippen molar-refractivity contribution in [2.45, 2.75) is 64.4 Å². The molecule has 5 aromatic rings. The van der Waals surface area contributed by atoms with Gasteiger partial charge >= 0.3 is 0 Å². The van der Waals surface area contributed by atoms with Gasteiger partial charge < -0.3 is 29.0 Å². The van der Waals surface area contributed by atoms with E-state index in [0.29, 0.717) is 64.2 Å². The van der Waals surface area contributed by atoms with Crippen LogP contribution in [0.4, 0.5) is 11.4 Å². The van der Waals surface area contributed by atoms with E-state index in [0.717, 1.165) is 36.3 Å². The molecule has 4 aromatic carbocycles. The fourth-order valence-electron chi connectivity index (χ4n) is 8.00. The quantitative estimate of drug-likeness (QED) is 0.178. The van der Waals surface area contributed by atoms with Crippen molar-refractivity contribution in [2.24, 2.45) is 9.98 Å². The maximum atomic E-state index is 13.8. The van der Waals surface area contributed by atoms with E-state index < -0.39 is 0 Å². The number of ether oxygens (including phenoxy) is 4. The minimum absolute atomic E-state index is 0.0795. The van der Waals surface area contributed by atoms with Crippen LogP contribution < -0.4 is 18.9 Å². The number of benzene rings is 4. The number of rotatable bonds is 9. The average molecular weight is 736 g/mol. The SMILES string of the molecule is COc1cc2c(cc1OCc1cc(CO)cc(COc3cc4c(cc3OC)C(=O)N3Cc5ccccc5CC3C=N4)n1)N=C[C@@H]1Cc3ccccc3CN1C2. The van der Waals surface area contributed by atoms with Crippen molar-refractivity contribution in [3.05, 3.63) is 135 Å². The van der Waals surface area contributed by atoms with Crippen molar-refractivity contribution in [2.75, 3.05) is 14.2 Å². The van der Waals surface area contributed by atoms with Crippen LogP contribution in [0.3, 0.4) is 0 Å². The van der Waals surface area contributed by atoms with E-state index in [2.05, 4.69) is 41.3 Å². The first-order chi connectivity index (χ1) is 27.0. The number of hydrogen-bond donors (Lipinski definition) is 1. The number of fused-ring (bicyclic) bond motifs is 6. The molecule has 11 nitrogen and oxygen atoms in total. The number of methoxy groups -OCH3 is 2. The molecule has 0 aliphatic carbocycles. The van der Waals surface area contributed by atoms with Crippen molar-refractivity contribution in [3.8, 4) is 23.0 Å². The van der Waals surface area contributed by atoms with E-state index in [-0.39, 0.29) is 37.8 Å². The van der Waals surface area contributed by atoms with Gasteiger partial charge in [0, 0.05) is 50.2 Å². The van der Waals surface area contributed by atoms with E-state index in [9.17, 15) is 9.90 Å². The Labute approximate surface area is 319 Å². The van der Waals surface area contributed by atoms with Gasteiger partial charge in [-0.05, 0) is 70.5 Å². The van der Waals surface area contributed by atoms with Crippen molar-refractivity contribution in [1.82, 2.24) is 14.8 Å². The van der Waals surface area contributed by atoms with E-state index in [1.807, 2.05) is 47.7 Å². The number of carbonyl (C=O) groups excluding carboxylic acids is 1. The van der Waals surface area contributed by atoms with Crippen molar-refractivity contribution in [1.29, 1.82) is 0 Å². The van der Waals surface area contributed by atoms with Crippen LogP contribution in [0.2, 0.25) is 0 Å². The molecule has 0 bridgehead atoms. The molecule has 2 atom stereocenters. The molecule has 5 heterocycles. The highest BCUT2D eigenvalue weighted by Gasteiger charge is 2.33. The lowest BCUT2D eigenvalue weighted by molar-refractivity contribution is 0.0703. The summed E-state index contributed by atoms with van der Waals surface area (Å²) in [5.74, 6) is 1.92. The lowest BCUT2D eigenvalue weighted by Gasteiger charge is -2.34. The van der Waals surface area contributed by atoms with Gasteiger partial charge in [0.25, 0.3) is 5.91 Å². The smallest absolute Gasteiger partial charge is 0.257 e. The monoisotopic (exact) mass is 735 g/mol. The van der Waals surface area contributed by atoms with Gasteiger partial charge in [0.1, 0.15) is 13.2 Å². The van der Waals surface area contributed by atoms with Gasteiger partial charge in [0.2, 0.25) is 0 Å². The normalized spacial score (nSPS) is 18.1. The topological polar surface area (TPSA) is 118 Å². The number of amides is 1. The van der Waals surface area contributed by atoms with E-state index in [1.165, 1.54) is 16.7 Å². The summed E-state index contributed by atoms with van der Waals surface area (Å²) in [4.78, 5) is 32.6. The van der Waals surface area contributed by atoms with Crippen LogP contribution in [0.5, 0.6) is 23.0 Å². The molecule has 0 fully saturated rings. The summed E-state index contributed by atoms with van der Waals surface area (Å²) in [5.41, 5.74) is 9.88. The van der Waals surface area contributed by atoms with E-state index in [1.54, 1.807) is 32.4 Å². The second-order valence-corrected chi connectivity index (χ2v) is 14.3. The number of hydrogen-bond acceptors (Lipinski definition) is 10. The summed E-state index contributed by atoms with van der Waals surface area (Å²) in [6, 6.07) is 27.9. The van der Waals surface area contributed by atoms with Gasteiger partial charge in [-0.2, -0.15) is 0 Å². The zero-order valence-electron chi connectivity index (χ0n) is 30.8. The van der Waals surface area contributed by atoms with Crippen LogP contribution in [-0.4, -0.2) is 64.5 Å². The second kappa shape index (κ2) is 14.7. The predicted molar refractivity (Wildman–Crippen MR) is 208 cm³/mol. The Hall–Kier alpha value is -6.04. The van der Waals surface area contributed by atoms with Crippen LogP contribution in [-0.2, 0) is 52.3 Å². The first-order valence-electron chi connectivity index (χ1n) is 18.5. The van der Waals surface area contributed by atoms with Gasteiger partial charge in [-0.25, -0.2) is 0 Å². The van der Waals surface area contributed by atoms with Gasteiger partial charge in [-0.3, -0.25) is 24.7 Å². The molecule has 1 unspecified atom stereocenters. The Kier molecular flexibility index (Phi) is 9.25. The molecule has 1 amide bonds. The predicted octanol–water partition coefficient (Wildman–Crippen LogP) is 6.67. The molecule has 278 valence electrons. The molecule has 9 rings (SSSR count). The standard InChI is InChI=1S/C44H41N5O6/c1-52-40-15-32-22-48-21-30-9-5-3-7-28(30)13-35(48)19-45-38(32)17-42(40)54-25-33-11-27(24-50)12-34(47-33)26-55-43-18-39-37(16-41(43)53-2)44(51)49-23-31-10-6-4-8-29(31)14-36(49)20-46-39/h3-12,15-20,35-36,50H,13-14,21-26H2,1-2H3/t35-,36?/m0/s1. The van der Waals surface area contributed by atoms with Gasteiger partial charge in [-0.1, -0.05) is 48.5 Å². The van der Waals surface area contributed by atoms with Crippen molar-refractivity contribution >= 4 is 29.7 Å². The molecule has 0 radical (unpaired) electrons. The van der Waals surface area contributed by atoms with Gasteiger partial charge in [0.05, 0.1) is 55.2 Å². The molecular weight excluding hydrogens is 695 g/mol. The van der Waals surface area contributed by atoms with E-state index >= 15 is 0 Å². The lowest BCUT2D eigenvalue weighted by atomic mass is 9.94. The maximum Gasteiger partial charge on any atom is 0.257 e. The summed E-state index contributed by atoms with van der Waals surface area (Å²) in [5, 5.41) is 10.1. The molecule has 1 N–H and O–H groups in total. The average Bonchev–Trinajstić information content (AvgIpc) is 3.47. The highest BCUT2D eigenvalue weighted by Crippen LogP contribution is 2.40. The summed E-state index contributed by atoms with van der Waals surface area (Å²) in [6.07, 6.45) is 5.53. The minimum atomic E-state index is -0.179. The molecular formula is C44H41N5O6. The number of aliphatic hydroxyl groups excluding tert-OH is 1. The fourth-order valence-corrected chi connectivity index (χ4v) is 8.00. The third-order valence-corrected chi connectivity index (χ3v) is 10.9. The molecule has 0 spiro atoms. The Morgan fingerprint density at radius 1 is 0.655 bits per heavy atom. The summed E-state index contributed by atoms with van der Waals surface area (Å²) < 4.78 is 24.1. The van der Waals surface area contributed by atoms with Crippen LogP contribution in [0.15, 0.2) is 94.9 Å². The number of pyridine rings is 1. The third kappa shape index (κ3) is 6.81. The molecule has 0 saturated carbocycles.